The van der Waals surface area contributed by atoms with Gasteiger partial charge in [0.25, 0.3) is 0 Å². The molecule has 0 fully saturated rings. The average molecular weight is 267 g/mol. The number of methoxy groups -OCH3 is 1. The number of benzene rings is 1. The van der Waals surface area contributed by atoms with E-state index in [2.05, 4.69) is 4.74 Å². The van der Waals surface area contributed by atoms with Crippen molar-refractivity contribution in [3.8, 4) is 0 Å². The number of ether oxygens (including phenoxy) is 1. The summed E-state index contributed by atoms with van der Waals surface area (Å²) in [4.78, 5) is 11.6. The molecule has 0 saturated heterocycles. The Labute approximate surface area is 106 Å². The van der Waals surface area contributed by atoms with Crippen LogP contribution >= 0.6 is 0 Å². The molecule has 1 aliphatic heterocycles. The monoisotopic (exact) mass is 267 g/mol. The highest BCUT2D eigenvalue weighted by Gasteiger charge is 2.25. The number of nitrogens with zero attached hydrogens (tertiary/aromatic N) is 1. The lowest BCUT2D eigenvalue weighted by Crippen LogP contribution is -2.26. The second-order valence-electron chi connectivity index (χ2n) is 3.93. The van der Waals surface area contributed by atoms with Gasteiger partial charge in [0.1, 0.15) is 0 Å². The van der Waals surface area contributed by atoms with Crippen LogP contribution in [-0.2, 0) is 14.8 Å². The number of fused-ring (bicyclic) bond motifs is 1. The fourth-order valence-corrected chi connectivity index (χ4v) is 3.06. The molecule has 0 unspecified atom stereocenters. The van der Waals surface area contributed by atoms with Crippen LogP contribution < -0.4 is 0 Å². The van der Waals surface area contributed by atoms with E-state index >= 15 is 0 Å². The molecular formula is C12H13NO4S. The molecule has 0 bridgehead atoms. The van der Waals surface area contributed by atoms with Crippen LogP contribution in [-0.4, -0.2) is 39.4 Å². The Morgan fingerprint density at radius 1 is 1.39 bits per heavy atom. The molecule has 0 atom stereocenters. The van der Waals surface area contributed by atoms with Crippen LogP contribution in [0.4, 0.5) is 0 Å². The minimum absolute atomic E-state index is 0.127. The highest BCUT2D eigenvalue weighted by atomic mass is 32.2. The van der Waals surface area contributed by atoms with E-state index in [-0.39, 0.29) is 10.5 Å². The van der Waals surface area contributed by atoms with E-state index in [0.29, 0.717) is 12.1 Å². The normalized spacial score (nSPS) is 17.9. The second kappa shape index (κ2) is 4.55. The lowest BCUT2D eigenvalue weighted by Gasteiger charge is -2.14. The first-order valence-corrected chi connectivity index (χ1v) is 6.76. The van der Waals surface area contributed by atoms with Gasteiger partial charge in [-0.15, -0.1) is 0 Å². The van der Waals surface area contributed by atoms with Gasteiger partial charge in [-0.05, 0) is 17.7 Å². The number of hydrogen-bond acceptors (Lipinski definition) is 4. The minimum Gasteiger partial charge on any atom is -0.465 e. The van der Waals surface area contributed by atoms with Gasteiger partial charge in [0.05, 0.1) is 17.6 Å². The van der Waals surface area contributed by atoms with Crippen molar-refractivity contribution in [1.29, 1.82) is 0 Å². The molecule has 1 aromatic rings. The topological polar surface area (TPSA) is 63.7 Å². The van der Waals surface area contributed by atoms with Crippen LogP contribution in [0.1, 0.15) is 15.9 Å². The van der Waals surface area contributed by atoms with Gasteiger partial charge in [0.15, 0.2) is 0 Å². The van der Waals surface area contributed by atoms with Gasteiger partial charge < -0.3 is 4.74 Å². The summed E-state index contributed by atoms with van der Waals surface area (Å²) in [5.41, 5.74) is 0.801. The van der Waals surface area contributed by atoms with Gasteiger partial charge in [0, 0.05) is 13.6 Å². The van der Waals surface area contributed by atoms with Crippen LogP contribution in [0.25, 0.3) is 6.08 Å². The summed E-state index contributed by atoms with van der Waals surface area (Å²) < 4.78 is 30.3. The molecule has 1 aliphatic rings. The smallest absolute Gasteiger partial charge is 0.337 e. The van der Waals surface area contributed by atoms with Gasteiger partial charge in [-0.1, -0.05) is 18.2 Å². The van der Waals surface area contributed by atoms with Crippen LogP contribution in [0.2, 0.25) is 0 Å². The number of sulfonamides is 1. The number of carbonyl (C=O) groups is 1. The summed E-state index contributed by atoms with van der Waals surface area (Å²) >= 11 is 0. The predicted octanol–water partition coefficient (Wildman–Crippen LogP) is 1.12. The summed E-state index contributed by atoms with van der Waals surface area (Å²) in [7, 11) is -0.800. The Morgan fingerprint density at radius 2 is 2.11 bits per heavy atom. The van der Waals surface area contributed by atoms with E-state index in [1.54, 1.807) is 24.3 Å². The van der Waals surface area contributed by atoms with Crippen molar-refractivity contribution in [2.24, 2.45) is 0 Å². The first kappa shape index (κ1) is 12.8. The van der Waals surface area contributed by atoms with Crippen LogP contribution in [0.5, 0.6) is 0 Å². The molecule has 2 rings (SSSR count). The quantitative estimate of drug-likeness (QED) is 0.715. The summed E-state index contributed by atoms with van der Waals surface area (Å²) in [6, 6.07) is 4.51. The van der Waals surface area contributed by atoms with E-state index in [1.165, 1.54) is 24.5 Å². The van der Waals surface area contributed by atoms with Gasteiger partial charge in [0.2, 0.25) is 10.0 Å². The van der Waals surface area contributed by atoms with E-state index in [9.17, 15) is 13.2 Å². The van der Waals surface area contributed by atoms with Crippen molar-refractivity contribution >= 4 is 22.1 Å². The molecule has 1 aromatic carbocycles. The van der Waals surface area contributed by atoms with E-state index in [4.69, 9.17) is 0 Å². The van der Waals surface area contributed by atoms with Gasteiger partial charge in [-0.2, -0.15) is 4.31 Å². The Balaban J connectivity index is 2.64. The molecule has 96 valence electrons. The molecule has 0 spiro atoms. The van der Waals surface area contributed by atoms with Gasteiger partial charge in [-0.3, -0.25) is 0 Å². The third-order valence-corrected chi connectivity index (χ3v) is 4.66. The van der Waals surface area contributed by atoms with Crippen molar-refractivity contribution in [3.05, 3.63) is 35.4 Å². The Hall–Kier alpha value is -1.66. The number of carbonyl (C=O) groups excluding carboxylic acids is 1. The van der Waals surface area contributed by atoms with Crippen LogP contribution in [0.15, 0.2) is 29.2 Å². The molecule has 18 heavy (non-hydrogen) atoms. The maximum atomic E-state index is 12.2. The molecule has 0 aliphatic carbocycles. The van der Waals surface area contributed by atoms with Crippen LogP contribution in [0, 0.1) is 0 Å². The van der Waals surface area contributed by atoms with Gasteiger partial charge >= 0.3 is 5.97 Å². The Bertz CT molecular complexity index is 619. The summed E-state index contributed by atoms with van der Waals surface area (Å²) in [6.07, 6.45) is 3.50. The Kier molecular flexibility index (Phi) is 3.23. The first-order chi connectivity index (χ1) is 8.46. The number of likely N-dealkylation sites (N-methyl/N-ethyl adjacent to an activating group) is 1. The van der Waals surface area contributed by atoms with Crippen molar-refractivity contribution in [3.63, 3.8) is 0 Å². The number of rotatable bonds is 1. The molecule has 0 radical (unpaired) electrons. The van der Waals surface area contributed by atoms with E-state index < -0.39 is 16.0 Å². The molecule has 0 amide bonds. The molecule has 0 aromatic heterocycles. The summed E-state index contributed by atoms with van der Waals surface area (Å²) in [5, 5.41) is 0. The fourth-order valence-electron chi connectivity index (χ4n) is 1.73. The molecule has 5 nitrogen and oxygen atoms in total. The number of hydrogen-bond donors (Lipinski definition) is 0. The molecule has 1 heterocycles. The van der Waals surface area contributed by atoms with Crippen molar-refractivity contribution in [2.45, 2.75) is 4.90 Å². The zero-order valence-corrected chi connectivity index (χ0v) is 10.9. The van der Waals surface area contributed by atoms with Crippen molar-refractivity contribution in [1.82, 2.24) is 4.31 Å². The zero-order chi connectivity index (χ0) is 13.3. The summed E-state index contributed by atoms with van der Waals surface area (Å²) in [5.74, 6) is -0.552. The molecular weight excluding hydrogens is 254 g/mol. The van der Waals surface area contributed by atoms with Crippen molar-refractivity contribution < 1.29 is 17.9 Å². The standard InChI is InChI=1S/C12H13NO4S/c1-13-7-3-4-9-5-6-10(12(14)17-2)8-11(9)18(13,15)16/h3-6,8H,7H2,1-2H3. The highest BCUT2D eigenvalue weighted by molar-refractivity contribution is 7.89. The molecule has 0 N–H and O–H groups in total. The minimum atomic E-state index is -3.56. The molecule has 0 saturated carbocycles. The molecule has 6 heteroatoms. The summed E-state index contributed by atoms with van der Waals surface area (Å²) in [6.45, 7) is 0.310. The predicted molar refractivity (Wildman–Crippen MR) is 66.6 cm³/mol. The fraction of sp³-hybridized carbons (Fsp3) is 0.250. The lowest BCUT2D eigenvalue weighted by molar-refractivity contribution is 0.0600. The average Bonchev–Trinajstić information content (AvgIpc) is 2.47. The SMILES string of the molecule is COC(=O)c1ccc2c(c1)S(=O)(=O)N(C)CC=C2. The van der Waals surface area contributed by atoms with E-state index in [0.717, 1.165) is 0 Å². The highest BCUT2D eigenvalue weighted by Crippen LogP contribution is 2.25. The second-order valence-corrected chi connectivity index (χ2v) is 5.95. The lowest BCUT2D eigenvalue weighted by atomic mass is 10.1. The largest absolute Gasteiger partial charge is 0.465 e. The zero-order valence-electron chi connectivity index (χ0n) is 10.1. The Morgan fingerprint density at radius 3 is 2.78 bits per heavy atom. The van der Waals surface area contributed by atoms with E-state index in [1.807, 2.05) is 0 Å². The number of esters is 1. The third kappa shape index (κ3) is 2.04. The van der Waals surface area contributed by atoms with Gasteiger partial charge in [-0.25, -0.2) is 13.2 Å². The maximum Gasteiger partial charge on any atom is 0.337 e. The van der Waals surface area contributed by atoms with Crippen LogP contribution in [0.3, 0.4) is 0 Å². The van der Waals surface area contributed by atoms with Crippen molar-refractivity contribution in [2.75, 3.05) is 20.7 Å². The first-order valence-electron chi connectivity index (χ1n) is 5.32. The maximum absolute atomic E-state index is 12.2. The third-order valence-electron chi connectivity index (χ3n) is 2.78.